The van der Waals surface area contributed by atoms with Gasteiger partial charge in [-0.15, -0.1) is 0 Å². The second kappa shape index (κ2) is 7.78. The van der Waals surface area contributed by atoms with Crippen molar-refractivity contribution < 1.29 is 9.32 Å². The summed E-state index contributed by atoms with van der Waals surface area (Å²) in [5.74, 6) is 1.21. The van der Waals surface area contributed by atoms with E-state index >= 15 is 0 Å². The summed E-state index contributed by atoms with van der Waals surface area (Å²) in [5.41, 5.74) is 4.00. The number of carbonyl (C=O) groups excluding carboxylic acids is 1. The van der Waals surface area contributed by atoms with Crippen LogP contribution in [0.1, 0.15) is 34.3 Å². The summed E-state index contributed by atoms with van der Waals surface area (Å²) in [6.07, 6.45) is 4.70. The van der Waals surface area contributed by atoms with E-state index in [4.69, 9.17) is 4.52 Å². The highest BCUT2D eigenvalue weighted by Crippen LogP contribution is 2.27. The SMILES string of the molecule is Cc1ccc(-c2oncc2C(=O)N2CCC(Cc3ccccc3)CC2)cc1. The van der Waals surface area contributed by atoms with Crippen LogP contribution in [-0.4, -0.2) is 29.1 Å². The summed E-state index contributed by atoms with van der Waals surface area (Å²) >= 11 is 0. The van der Waals surface area contributed by atoms with E-state index in [9.17, 15) is 4.79 Å². The molecule has 1 aliphatic heterocycles. The molecule has 1 saturated heterocycles. The number of carbonyl (C=O) groups is 1. The van der Waals surface area contributed by atoms with Crippen LogP contribution in [0.2, 0.25) is 0 Å². The molecule has 0 atom stereocenters. The van der Waals surface area contributed by atoms with Gasteiger partial charge in [0.15, 0.2) is 5.76 Å². The number of aromatic nitrogens is 1. The van der Waals surface area contributed by atoms with Gasteiger partial charge in [-0.1, -0.05) is 65.3 Å². The summed E-state index contributed by atoms with van der Waals surface area (Å²) in [6, 6.07) is 18.6. The van der Waals surface area contributed by atoms with E-state index in [1.54, 1.807) is 6.20 Å². The van der Waals surface area contributed by atoms with Gasteiger partial charge in [-0.05, 0) is 37.7 Å². The Kier molecular flexibility index (Phi) is 5.05. The smallest absolute Gasteiger partial charge is 0.259 e. The number of likely N-dealkylation sites (tertiary alicyclic amines) is 1. The van der Waals surface area contributed by atoms with Gasteiger partial charge in [0.05, 0.1) is 6.20 Å². The van der Waals surface area contributed by atoms with E-state index in [1.165, 1.54) is 11.1 Å². The average molecular weight is 360 g/mol. The Labute approximate surface area is 159 Å². The van der Waals surface area contributed by atoms with Crippen molar-refractivity contribution in [3.05, 3.63) is 77.5 Å². The molecule has 0 radical (unpaired) electrons. The molecule has 2 heterocycles. The molecule has 1 amide bonds. The van der Waals surface area contributed by atoms with Gasteiger partial charge in [0.1, 0.15) is 5.56 Å². The molecule has 27 heavy (non-hydrogen) atoms. The summed E-state index contributed by atoms with van der Waals surface area (Å²) < 4.78 is 5.41. The lowest BCUT2D eigenvalue weighted by atomic mass is 9.90. The molecule has 0 unspecified atom stereocenters. The van der Waals surface area contributed by atoms with Crippen molar-refractivity contribution in [1.29, 1.82) is 0 Å². The molecule has 1 fully saturated rings. The van der Waals surface area contributed by atoms with Crippen molar-refractivity contribution in [2.45, 2.75) is 26.2 Å². The maximum atomic E-state index is 13.0. The highest BCUT2D eigenvalue weighted by Gasteiger charge is 2.27. The average Bonchev–Trinajstić information content (AvgIpc) is 3.19. The third-order valence-electron chi connectivity index (χ3n) is 5.38. The Morgan fingerprint density at radius 1 is 1.07 bits per heavy atom. The maximum Gasteiger partial charge on any atom is 0.259 e. The molecular formula is C23H24N2O2. The zero-order chi connectivity index (χ0) is 18.6. The van der Waals surface area contributed by atoms with Crippen LogP contribution in [0.5, 0.6) is 0 Å². The van der Waals surface area contributed by atoms with Crippen LogP contribution in [0.4, 0.5) is 0 Å². The molecule has 4 rings (SSSR count). The Balaban J connectivity index is 1.42. The molecular weight excluding hydrogens is 336 g/mol. The Bertz CT molecular complexity index is 892. The van der Waals surface area contributed by atoms with Crippen molar-refractivity contribution in [2.75, 3.05) is 13.1 Å². The number of rotatable bonds is 4. The molecule has 0 N–H and O–H groups in total. The standard InChI is InChI=1S/C23H24N2O2/c1-17-7-9-20(10-8-17)22-21(16-24-27-22)23(26)25-13-11-19(12-14-25)15-18-5-3-2-4-6-18/h2-10,16,19H,11-15H2,1H3. The van der Waals surface area contributed by atoms with Crippen LogP contribution in [0.25, 0.3) is 11.3 Å². The molecule has 2 aromatic carbocycles. The molecule has 1 aliphatic rings. The highest BCUT2D eigenvalue weighted by molar-refractivity contribution is 5.99. The lowest BCUT2D eigenvalue weighted by Crippen LogP contribution is -2.39. The third kappa shape index (κ3) is 3.95. The minimum atomic E-state index is 0.0185. The Morgan fingerprint density at radius 3 is 2.48 bits per heavy atom. The van der Waals surface area contributed by atoms with Crippen molar-refractivity contribution in [3.63, 3.8) is 0 Å². The maximum absolute atomic E-state index is 13.0. The van der Waals surface area contributed by atoms with Crippen LogP contribution in [0.15, 0.2) is 65.3 Å². The second-order valence-electron chi connectivity index (χ2n) is 7.36. The molecule has 1 aromatic heterocycles. The minimum absolute atomic E-state index is 0.0185. The zero-order valence-corrected chi connectivity index (χ0v) is 15.6. The third-order valence-corrected chi connectivity index (χ3v) is 5.38. The number of hydrogen-bond acceptors (Lipinski definition) is 3. The monoisotopic (exact) mass is 360 g/mol. The molecule has 0 bridgehead atoms. The van der Waals surface area contributed by atoms with Crippen LogP contribution in [-0.2, 0) is 6.42 Å². The number of amides is 1. The van der Waals surface area contributed by atoms with Crippen molar-refractivity contribution in [3.8, 4) is 11.3 Å². The fourth-order valence-electron chi connectivity index (χ4n) is 3.76. The van der Waals surface area contributed by atoms with E-state index in [0.717, 1.165) is 37.9 Å². The Morgan fingerprint density at radius 2 is 1.78 bits per heavy atom. The zero-order valence-electron chi connectivity index (χ0n) is 15.6. The summed E-state index contributed by atoms with van der Waals surface area (Å²) in [6.45, 7) is 3.61. The number of aryl methyl sites for hydroxylation is 1. The van der Waals surface area contributed by atoms with E-state index in [1.807, 2.05) is 36.1 Å². The lowest BCUT2D eigenvalue weighted by Gasteiger charge is -2.32. The number of benzene rings is 2. The number of nitrogens with zero attached hydrogens (tertiary/aromatic N) is 2. The fraction of sp³-hybridized carbons (Fsp3) is 0.304. The first kappa shape index (κ1) is 17.5. The molecule has 138 valence electrons. The molecule has 4 heteroatoms. The van der Waals surface area contributed by atoms with Gasteiger partial charge < -0.3 is 9.42 Å². The van der Waals surface area contributed by atoms with Gasteiger partial charge in [-0.3, -0.25) is 4.79 Å². The topological polar surface area (TPSA) is 46.3 Å². The largest absolute Gasteiger partial charge is 0.355 e. The Hall–Kier alpha value is -2.88. The molecule has 0 saturated carbocycles. The van der Waals surface area contributed by atoms with Crippen molar-refractivity contribution >= 4 is 5.91 Å². The number of piperidine rings is 1. The van der Waals surface area contributed by atoms with Gasteiger partial charge in [-0.25, -0.2) is 0 Å². The molecule has 0 aliphatic carbocycles. The van der Waals surface area contributed by atoms with Gasteiger partial charge in [0.25, 0.3) is 5.91 Å². The quantitative estimate of drug-likeness (QED) is 0.675. The van der Waals surface area contributed by atoms with E-state index in [-0.39, 0.29) is 5.91 Å². The second-order valence-corrected chi connectivity index (χ2v) is 7.36. The first-order valence-electron chi connectivity index (χ1n) is 9.55. The summed E-state index contributed by atoms with van der Waals surface area (Å²) in [7, 11) is 0. The van der Waals surface area contributed by atoms with Crippen molar-refractivity contribution in [1.82, 2.24) is 10.1 Å². The van der Waals surface area contributed by atoms with Gasteiger partial charge >= 0.3 is 0 Å². The van der Waals surface area contributed by atoms with Gasteiger partial charge in [0, 0.05) is 18.7 Å². The lowest BCUT2D eigenvalue weighted by molar-refractivity contribution is 0.0691. The van der Waals surface area contributed by atoms with E-state index in [2.05, 4.69) is 35.5 Å². The van der Waals surface area contributed by atoms with Crippen LogP contribution >= 0.6 is 0 Å². The van der Waals surface area contributed by atoms with Gasteiger partial charge in [-0.2, -0.15) is 0 Å². The fourth-order valence-corrected chi connectivity index (χ4v) is 3.76. The molecule has 4 nitrogen and oxygen atoms in total. The van der Waals surface area contributed by atoms with Crippen LogP contribution < -0.4 is 0 Å². The minimum Gasteiger partial charge on any atom is -0.355 e. The predicted molar refractivity (Wildman–Crippen MR) is 105 cm³/mol. The first-order valence-corrected chi connectivity index (χ1v) is 9.55. The van der Waals surface area contributed by atoms with E-state index in [0.29, 0.717) is 17.2 Å². The van der Waals surface area contributed by atoms with Gasteiger partial charge in [0.2, 0.25) is 0 Å². The molecule has 0 spiro atoms. The number of hydrogen-bond donors (Lipinski definition) is 0. The first-order chi connectivity index (χ1) is 13.2. The van der Waals surface area contributed by atoms with Crippen LogP contribution in [0, 0.1) is 12.8 Å². The normalized spacial score (nSPS) is 15.1. The van der Waals surface area contributed by atoms with Crippen LogP contribution in [0.3, 0.4) is 0 Å². The molecule has 3 aromatic rings. The highest BCUT2D eigenvalue weighted by atomic mass is 16.5. The predicted octanol–water partition coefficient (Wildman–Crippen LogP) is 4.74. The van der Waals surface area contributed by atoms with Crippen molar-refractivity contribution in [2.24, 2.45) is 5.92 Å². The van der Waals surface area contributed by atoms with E-state index < -0.39 is 0 Å². The summed E-state index contributed by atoms with van der Waals surface area (Å²) in [4.78, 5) is 14.9. The summed E-state index contributed by atoms with van der Waals surface area (Å²) in [5, 5.41) is 3.89.